The number of carbonyl (C=O) groups is 2. The molecule has 1 aromatic carbocycles. The third kappa shape index (κ3) is 2.21. The standard InChI is InChI=1S/C18H22O2/c1-17(2)7-11-5-14-12(6-13(11)15(19)9-17)8-18(3,4)10-16(14)20/h5-6H,7-10H2,1-4H3. The minimum Gasteiger partial charge on any atom is -0.294 e. The molecule has 0 N–H and O–H groups in total. The lowest BCUT2D eigenvalue weighted by atomic mass is 9.69. The van der Waals surface area contributed by atoms with Crippen molar-refractivity contribution < 1.29 is 9.59 Å². The van der Waals surface area contributed by atoms with Gasteiger partial charge in [0.15, 0.2) is 11.6 Å². The molecule has 0 saturated carbocycles. The Labute approximate surface area is 120 Å². The number of rotatable bonds is 0. The molecule has 1 aromatic rings. The Morgan fingerprint density at radius 1 is 0.700 bits per heavy atom. The van der Waals surface area contributed by atoms with Crippen LogP contribution in [0.4, 0.5) is 0 Å². The first kappa shape index (κ1) is 13.5. The fourth-order valence-corrected chi connectivity index (χ4v) is 3.72. The number of ketones is 2. The van der Waals surface area contributed by atoms with Crippen LogP contribution in [0.5, 0.6) is 0 Å². The van der Waals surface area contributed by atoms with E-state index in [1.807, 2.05) is 12.1 Å². The lowest BCUT2D eigenvalue weighted by Gasteiger charge is -2.34. The molecule has 0 radical (unpaired) electrons. The third-order valence-corrected chi connectivity index (χ3v) is 4.55. The number of carbonyl (C=O) groups excluding carboxylic acids is 2. The molecular weight excluding hydrogens is 248 g/mol. The summed E-state index contributed by atoms with van der Waals surface area (Å²) in [7, 11) is 0. The summed E-state index contributed by atoms with van der Waals surface area (Å²) in [4.78, 5) is 24.7. The van der Waals surface area contributed by atoms with Gasteiger partial charge in [0.1, 0.15) is 0 Å². The Morgan fingerprint density at radius 2 is 1.05 bits per heavy atom. The van der Waals surface area contributed by atoms with Crippen molar-refractivity contribution in [1.82, 2.24) is 0 Å². The van der Waals surface area contributed by atoms with Crippen molar-refractivity contribution in [3.05, 3.63) is 34.4 Å². The Kier molecular flexibility index (Phi) is 2.73. The van der Waals surface area contributed by atoms with Crippen LogP contribution in [-0.2, 0) is 12.8 Å². The number of benzene rings is 1. The first-order valence-corrected chi connectivity index (χ1v) is 7.39. The Hall–Kier alpha value is -1.44. The van der Waals surface area contributed by atoms with Crippen LogP contribution in [0, 0.1) is 10.8 Å². The number of hydrogen-bond acceptors (Lipinski definition) is 2. The van der Waals surface area contributed by atoms with Crippen molar-refractivity contribution in [2.75, 3.05) is 0 Å². The molecule has 0 fully saturated rings. The molecule has 0 bridgehead atoms. The van der Waals surface area contributed by atoms with Crippen molar-refractivity contribution in [2.24, 2.45) is 10.8 Å². The average Bonchev–Trinajstić information content (AvgIpc) is 2.25. The second kappa shape index (κ2) is 4.03. The summed E-state index contributed by atoms with van der Waals surface area (Å²) in [5.41, 5.74) is 3.86. The van der Waals surface area contributed by atoms with Gasteiger partial charge in [-0.3, -0.25) is 9.59 Å². The zero-order chi connectivity index (χ0) is 14.7. The molecule has 0 aromatic heterocycles. The molecule has 2 nitrogen and oxygen atoms in total. The van der Waals surface area contributed by atoms with E-state index < -0.39 is 0 Å². The van der Waals surface area contributed by atoms with Gasteiger partial charge < -0.3 is 0 Å². The van der Waals surface area contributed by atoms with Gasteiger partial charge in [-0.25, -0.2) is 0 Å². The van der Waals surface area contributed by atoms with Crippen molar-refractivity contribution in [3.63, 3.8) is 0 Å². The van der Waals surface area contributed by atoms with E-state index in [1.165, 1.54) is 0 Å². The van der Waals surface area contributed by atoms with E-state index >= 15 is 0 Å². The van der Waals surface area contributed by atoms with E-state index in [1.54, 1.807) is 0 Å². The Balaban J connectivity index is 2.13. The molecule has 2 aliphatic carbocycles. The van der Waals surface area contributed by atoms with Gasteiger partial charge in [0, 0.05) is 24.0 Å². The van der Waals surface area contributed by atoms with Gasteiger partial charge in [-0.2, -0.15) is 0 Å². The highest BCUT2D eigenvalue weighted by atomic mass is 16.1. The highest BCUT2D eigenvalue weighted by Gasteiger charge is 2.35. The van der Waals surface area contributed by atoms with Crippen molar-refractivity contribution >= 4 is 11.6 Å². The molecule has 0 heterocycles. The van der Waals surface area contributed by atoms with Gasteiger partial charge >= 0.3 is 0 Å². The minimum atomic E-state index is 0.00923. The Bertz CT molecular complexity index is 565. The summed E-state index contributed by atoms with van der Waals surface area (Å²) in [5.74, 6) is 0.463. The predicted molar refractivity (Wildman–Crippen MR) is 79.3 cm³/mol. The molecule has 0 atom stereocenters. The van der Waals surface area contributed by atoms with Crippen molar-refractivity contribution in [1.29, 1.82) is 0 Å². The van der Waals surface area contributed by atoms with Crippen LogP contribution in [0.3, 0.4) is 0 Å². The fourth-order valence-electron chi connectivity index (χ4n) is 3.72. The lowest BCUT2D eigenvalue weighted by molar-refractivity contribution is 0.0892. The highest BCUT2D eigenvalue weighted by molar-refractivity contribution is 6.03. The summed E-state index contributed by atoms with van der Waals surface area (Å²) in [5, 5.41) is 0. The molecule has 0 spiro atoms. The number of Topliss-reactive ketones (excluding diaryl/α,β-unsaturated/α-hetero) is 2. The molecule has 106 valence electrons. The normalized spacial score (nSPS) is 23.2. The summed E-state index contributed by atoms with van der Waals surface area (Å²) in [6.45, 7) is 8.49. The van der Waals surface area contributed by atoms with Gasteiger partial charge in [-0.15, -0.1) is 0 Å². The zero-order valence-electron chi connectivity index (χ0n) is 12.8. The van der Waals surface area contributed by atoms with E-state index in [2.05, 4.69) is 27.7 Å². The lowest BCUT2D eigenvalue weighted by Crippen LogP contribution is -2.31. The van der Waals surface area contributed by atoms with E-state index in [0.717, 1.165) is 35.1 Å². The first-order valence-electron chi connectivity index (χ1n) is 7.39. The molecule has 0 amide bonds. The second-order valence-electron chi connectivity index (χ2n) is 8.05. The van der Waals surface area contributed by atoms with Crippen LogP contribution < -0.4 is 0 Å². The van der Waals surface area contributed by atoms with Crippen LogP contribution in [0.15, 0.2) is 12.1 Å². The maximum atomic E-state index is 12.3. The topological polar surface area (TPSA) is 34.1 Å². The summed E-state index contributed by atoms with van der Waals surface area (Å²) < 4.78 is 0. The van der Waals surface area contributed by atoms with E-state index in [0.29, 0.717) is 12.8 Å². The molecular formula is C18H22O2. The van der Waals surface area contributed by atoms with Crippen LogP contribution >= 0.6 is 0 Å². The van der Waals surface area contributed by atoms with E-state index in [4.69, 9.17) is 0 Å². The van der Waals surface area contributed by atoms with Crippen LogP contribution in [0.25, 0.3) is 0 Å². The molecule has 2 heteroatoms. The molecule has 0 aliphatic heterocycles. The number of hydrogen-bond donors (Lipinski definition) is 0. The van der Waals surface area contributed by atoms with Crippen LogP contribution in [0.2, 0.25) is 0 Å². The quantitative estimate of drug-likeness (QED) is 0.714. The molecule has 20 heavy (non-hydrogen) atoms. The largest absolute Gasteiger partial charge is 0.294 e. The fraction of sp³-hybridized carbons (Fsp3) is 0.556. The van der Waals surface area contributed by atoms with E-state index in [9.17, 15) is 9.59 Å². The Morgan fingerprint density at radius 3 is 1.40 bits per heavy atom. The summed E-state index contributed by atoms with van der Waals surface area (Å²) >= 11 is 0. The van der Waals surface area contributed by atoms with Crippen LogP contribution in [-0.4, -0.2) is 11.6 Å². The first-order chi connectivity index (χ1) is 9.17. The van der Waals surface area contributed by atoms with Crippen molar-refractivity contribution in [3.8, 4) is 0 Å². The maximum Gasteiger partial charge on any atom is 0.163 e. The molecule has 2 aliphatic rings. The molecule has 3 rings (SSSR count). The van der Waals surface area contributed by atoms with Gasteiger partial charge in [0.2, 0.25) is 0 Å². The SMILES string of the molecule is CC1(C)CC(=O)c2cc3c(cc2C1)C(=O)CC(C)(C)C3. The molecule has 0 unspecified atom stereocenters. The van der Waals surface area contributed by atoms with Gasteiger partial charge in [-0.1, -0.05) is 27.7 Å². The van der Waals surface area contributed by atoms with Gasteiger partial charge in [0.05, 0.1) is 0 Å². The summed E-state index contributed by atoms with van der Waals surface area (Å²) in [6.07, 6.45) is 2.99. The molecule has 0 saturated heterocycles. The smallest absolute Gasteiger partial charge is 0.163 e. The van der Waals surface area contributed by atoms with Crippen molar-refractivity contribution in [2.45, 2.75) is 53.4 Å². The summed E-state index contributed by atoms with van der Waals surface area (Å²) in [6, 6.07) is 4.00. The zero-order valence-corrected chi connectivity index (χ0v) is 12.8. The maximum absolute atomic E-state index is 12.3. The third-order valence-electron chi connectivity index (χ3n) is 4.55. The minimum absolute atomic E-state index is 0.00923. The monoisotopic (exact) mass is 270 g/mol. The van der Waals surface area contributed by atoms with E-state index in [-0.39, 0.29) is 22.4 Å². The van der Waals surface area contributed by atoms with Crippen LogP contribution in [0.1, 0.15) is 72.4 Å². The second-order valence-corrected chi connectivity index (χ2v) is 8.05. The highest BCUT2D eigenvalue weighted by Crippen LogP contribution is 2.40. The van der Waals surface area contributed by atoms with Gasteiger partial charge in [-0.05, 0) is 46.9 Å². The number of fused-ring (bicyclic) bond motifs is 2. The van der Waals surface area contributed by atoms with Gasteiger partial charge in [0.25, 0.3) is 0 Å². The predicted octanol–water partition coefficient (Wildman–Crippen LogP) is 4.00. The average molecular weight is 270 g/mol.